The average molecular weight is 395 g/mol. The maximum absolute atomic E-state index is 13.2. The Hall–Kier alpha value is -1.79. The van der Waals surface area contributed by atoms with Crippen LogP contribution in [0.3, 0.4) is 0 Å². The van der Waals surface area contributed by atoms with Gasteiger partial charge in [0.15, 0.2) is 0 Å². The van der Waals surface area contributed by atoms with Crippen LogP contribution in [0.4, 0.5) is 0 Å². The van der Waals surface area contributed by atoms with E-state index in [1.54, 1.807) is 0 Å². The molecule has 5 rings (SSSR count). The van der Waals surface area contributed by atoms with Gasteiger partial charge >= 0.3 is 7.12 Å². The van der Waals surface area contributed by atoms with E-state index in [9.17, 15) is 4.79 Å². The lowest BCUT2D eigenvalue weighted by Gasteiger charge is -2.32. The smallest absolute Gasteiger partial charge is 0.464 e. The van der Waals surface area contributed by atoms with Gasteiger partial charge in [0.25, 0.3) is 5.91 Å². The summed E-state index contributed by atoms with van der Waals surface area (Å²) in [5, 5.41) is 1.00. The Labute approximate surface area is 172 Å². The molecule has 2 bridgehead atoms. The molecular formula is C23H30BNO4. The summed E-state index contributed by atoms with van der Waals surface area (Å²) in [6.45, 7) is 13.3. The third-order valence-corrected chi connectivity index (χ3v) is 7.97. The maximum Gasteiger partial charge on any atom is 0.533 e. The number of rotatable bonds is 2. The number of fused-ring (bicyclic) bond motifs is 3. The van der Waals surface area contributed by atoms with Crippen LogP contribution in [-0.4, -0.2) is 41.7 Å². The molecule has 1 aliphatic carbocycles. The summed E-state index contributed by atoms with van der Waals surface area (Å²) in [4.78, 5) is 15.3. The van der Waals surface area contributed by atoms with E-state index in [1.807, 2.05) is 52.8 Å². The maximum atomic E-state index is 13.2. The van der Waals surface area contributed by atoms with Crippen molar-refractivity contribution in [1.29, 1.82) is 0 Å². The average Bonchev–Trinajstić information content (AvgIpc) is 3.34. The Bertz CT molecular complexity index is 978. The zero-order chi connectivity index (χ0) is 20.7. The number of hydrogen-bond donors (Lipinski definition) is 0. The molecule has 2 aromatic rings. The van der Waals surface area contributed by atoms with Crippen LogP contribution in [0.15, 0.2) is 22.6 Å². The highest BCUT2D eigenvalue weighted by Gasteiger charge is 2.53. The van der Waals surface area contributed by atoms with Crippen LogP contribution in [0.1, 0.15) is 63.4 Å². The second kappa shape index (κ2) is 6.11. The third kappa shape index (κ3) is 2.72. The Kier molecular flexibility index (Phi) is 4.05. The first-order valence-electron chi connectivity index (χ1n) is 10.8. The van der Waals surface area contributed by atoms with Crippen LogP contribution in [0, 0.1) is 18.8 Å². The van der Waals surface area contributed by atoms with Gasteiger partial charge in [-0.1, -0.05) is 13.0 Å². The Morgan fingerprint density at radius 2 is 1.83 bits per heavy atom. The van der Waals surface area contributed by atoms with Gasteiger partial charge in [0.1, 0.15) is 11.2 Å². The minimum atomic E-state index is -0.540. The number of carbonyl (C=O) groups is 1. The zero-order valence-electron chi connectivity index (χ0n) is 18.2. The number of likely N-dealkylation sites (tertiary alicyclic amines) is 1. The molecule has 3 aliphatic rings. The van der Waals surface area contributed by atoms with Crippen molar-refractivity contribution in [1.82, 2.24) is 4.90 Å². The Morgan fingerprint density at radius 3 is 2.41 bits per heavy atom. The van der Waals surface area contributed by atoms with Crippen LogP contribution in [0.5, 0.6) is 0 Å². The predicted molar refractivity (Wildman–Crippen MR) is 113 cm³/mol. The number of hydrogen-bond acceptors (Lipinski definition) is 4. The second-order valence-electron chi connectivity index (χ2n) is 10.1. The molecule has 1 amide bonds. The van der Waals surface area contributed by atoms with E-state index < -0.39 is 18.3 Å². The highest BCUT2D eigenvalue weighted by molar-refractivity contribution is 6.61. The first-order valence-corrected chi connectivity index (χ1v) is 10.8. The number of aryl methyl sites for hydroxylation is 1. The summed E-state index contributed by atoms with van der Waals surface area (Å²) in [6.07, 6.45) is 2.38. The van der Waals surface area contributed by atoms with Gasteiger partial charge in [-0.3, -0.25) is 4.79 Å². The van der Waals surface area contributed by atoms with E-state index in [2.05, 4.69) is 11.8 Å². The van der Waals surface area contributed by atoms with Gasteiger partial charge < -0.3 is 18.6 Å². The van der Waals surface area contributed by atoms with Crippen molar-refractivity contribution in [3.63, 3.8) is 0 Å². The lowest BCUT2D eigenvalue weighted by Crippen LogP contribution is -2.41. The van der Waals surface area contributed by atoms with E-state index in [0.29, 0.717) is 29.1 Å². The van der Waals surface area contributed by atoms with E-state index >= 15 is 0 Å². The van der Waals surface area contributed by atoms with E-state index in [-0.39, 0.29) is 5.91 Å². The quantitative estimate of drug-likeness (QED) is 0.724. The van der Waals surface area contributed by atoms with E-state index in [4.69, 9.17) is 13.7 Å². The van der Waals surface area contributed by atoms with Crippen LogP contribution >= 0.6 is 0 Å². The molecule has 2 saturated heterocycles. The number of piperidine rings is 1. The van der Waals surface area contributed by atoms with Gasteiger partial charge in [0, 0.05) is 23.5 Å². The molecule has 5 nitrogen and oxygen atoms in total. The van der Waals surface area contributed by atoms with Crippen molar-refractivity contribution in [2.45, 2.75) is 71.6 Å². The SMILES string of the molecule is Cc1c(B2OC(C)(C)C(C)(C)O2)oc2cc(C(=O)N3CC4CCC3[C@@H]4C)ccc12. The van der Waals surface area contributed by atoms with Crippen molar-refractivity contribution in [2.75, 3.05) is 6.54 Å². The molecular weight excluding hydrogens is 365 g/mol. The first kappa shape index (κ1) is 19.2. The highest BCUT2D eigenvalue weighted by Crippen LogP contribution is 2.43. The fourth-order valence-corrected chi connectivity index (χ4v) is 5.26. The number of carbonyl (C=O) groups excluding carboxylic acids is 1. The minimum absolute atomic E-state index is 0.122. The summed E-state index contributed by atoms with van der Waals surface area (Å²) < 4.78 is 18.5. The van der Waals surface area contributed by atoms with Gasteiger partial charge in [-0.15, -0.1) is 0 Å². The van der Waals surface area contributed by atoms with E-state index in [0.717, 1.165) is 29.5 Å². The molecule has 29 heavy (non-hydrogen) atoms. The standard InChI is InChI=1S/C23H30BNO4/c1-13-16-8-10-18(13)25(12-16)21(26)15-7-9-17-14(2)20(27-19(17)11-15)24-28-22(3,4)23(5,6)29-24/h7,9,11,13,16,18H,8,10,12H2,1-6H3/t13-,16?,18?/m1/s1. The highest BCUT2D eigenvalue weighted by atomic mass is 16.7. The summed E-state index contributed by atoms with van der Waals surface area (Å²) >= 11 is 0. The molecule has 0 spiro atoms. The number of nitrogens with zero attached hydrogens (tertiary/aromatic N) is 1. The lowest BCUT2D eigenvalue weighted by molar-refractivity contribution is 0.00578. The lowest BCUT2D eigenvalue weighted by atomic mass is 9.83. The number of benzene rings is 1. The molecule has 3 fully saturated rings. The first-order chi connectivity index (χ1) is 13.6. The molecule has 0 radical (unpaired) electrons. The third-order valence-electron chi connectivity index (χ3n) is 7.97. The fraction of sp³-hybridized carbons (Fsp3) is 0.609. The number of furan rings is 1. The van der Waals surface area contributed by atoms with Crippen LogP contribution in [0.25, 0.3) is 11.0 Å². The van der Waals surface area contributed by atoms with Crippen molar-refractivity contribution >= 4 is 29.7 Å². The molecule has 1 aromatic carbocycles. The molecule has 154 valence electrons. The Morgan fingerprint density at radius 1 is 1.14 bits per heavy atom. The van der Waals surface area contributed by atoms with Gasteiger partial charge in [0.2, 0.25) is 0 Å². The summed E-state index contributed by atoms with van der Waals surface area (Å²) in [6, 6.07) is 6.20. The monoisotopic (exact) mass is 395 g/mol. The summed E-state index contributed by atoms with van der Waals surface area (Å²) in [5.41, 5.74) is 2.27. The van der Waals surface area contributed by atoms with Crippen molar-refractivity contribution in [3.05, 3.63) is 29.3 Å². The van der Waals surface area contributed by atoms with Gasteiger partial charge in [0.05, 0.1) is 11.2 Å². The largest absolute Gasteiger partial charge is 0.533 e. The van der Waals surface area contributed by atoms with Crippen LogP contribution in [0.2, 0.25) is 0 Å². The van der Waals surface area contributed by atoms with Crippen molar-refractivity contribution < 1.29 is 18.5 Å². The predicted octanol–water partition coefficient (Wildman–Crippen LogP) is 3.91. The fourth-order valence-electron chi connectivity index (χ4n) is 5.26. The molecule has 1 aromatic heterocycles. The molecule has 3 atom stereocenters. The molecule has 1 saturated carbocycles. The molecule has 3 heterocycles. The van der Waals surface area contributed by atoms with Crippen LogP contribution in [-0.2, 0) is 9.31 Å². The molecule has 2 unspecified atom stereocenters. The molecule has 0 N–H and O–H groups in total. The van der Waals surface area contributed by atoms with Gasteiger partial charge in [-0.05, 0) is 77.0 Å². The summed E-state index contributed by atoms with van der Waals surface area (Å²) in [5.74, 6) is 1.40. The van der Waals surface area contributed by atoms with Gasteiger partial charge in [-0.2, -0.15) is 0 Å². The minimum Gasteiger partial charge on any atom is -0.464 e. The van der Waals surface area contributed by atoms with E-state index in [1.165, 1.54) is 6.42 Å². The topological polar surface area (TPSA) is 51.9 Å². The Balaban J connectivity index is 1.46. The molecule has 2 aliphatic heterocycles. The second-order valence-corrected chi connectivity index (χ2v) is 10.1. The number of amides is 1. The summed E-state index contributed by atoms with van der Waals surface area (Å²) in [7, 11) is -0.540. The molecule has 6 heteroatoms. The zero-order valence-corrected chi connectivity index (χ0v) is 18.2. The van der Waals surface area contributed by atoms with Gasteiger partial charge in [-0.25, -0.2) is 0 Å². The van der Waals surface area contributed by atoms with Crippen molar-refractivity contribution in [2.24, 2.45) is 11.8 Å². The van der Waals surface area contributed by atoms with Crippen LogP contribution < -0.4 is 5.66 Å². The van der Waals surface area contributed by atoms with Crippen molar-refractivity contribution in [3.8, 4) is 0 Å². The normalized spacial score (nSPS) is 29.9.